The molecular weight excluding hydrogens is 306 g/mol. The standard InChI is InChI=1S/C19H25NO4/c1-5-8-20-15-7-6-12(2)9-13(15)19(23,17(20)22)14-11-24-18(3,4)10-16(14)21/h6-7,9,14,23H,5,8,10-11H2,1-4H3. The molecule has 1 amide bonds. The summed E-state index contributed by atoms with van der Waals surface area (Å²) in [5, 5.41) is 11.4. The molecule has 2 heterocycles. The van der Waals surface area contributed by atoms with E-state index in [-0.39, 0.29) is 18.8 Å². The van der Waals surface area contributed by atoms with Crippen LogP contribution in [0.15, 0.2) is 18.2 Å². The van der Waals surface area contributed by atoms with Crippen LogP contribution in [0.3, 0.4) is 0 Å². The van der Waals surface area contributed by atoms with Gasteiger partial charge in [-0.3, -0.25) is 9.59 Å². The van der Waals surface area contributed by atoms with Crippen molar-refractivity contribution in [3.8, 4) is 0 Å². The number of nitrogens with zero attached hydrogens (tertiary/aromatic N) is 1. The first-order chi connectivity index (χ1) is 11.2. The van der Waals surface area contributed by atoms with Crippen molar-refractivity contribution >= 4 is 17.4 Å². The number of aryl methyl sites for hydroxylation is 1. The molecule has 0 aromatic heterocycles. The maximum atomic E-state index is 13.1. The van der Waals surface area contributed by atoms with E-state index in [0.717, 1.165) is 12.0 Å². The van der Waals surface area contributed by atoms with Crippen LogP contribution in [0.2, 0.25) is 0 Å². The van der Waals surface area contributed by atoms with Gasteiger partial charge < -0.3 is 14.7 Å². The third-order valence-corrected chi connectivity index (χ3v) is 5.01. The van der Waals surface area contributed by atoms with Crippen molar-refractivity contribution in [2.24, 2.45) is 5.92 Å². The molecule has 1 N–H and O–H groups in total. The molecule has 2 atom stereocenters. The number of carbonyl (C=O) groups is 2. The maximum Gasteiger partial charge on any atom is 0.264 e. The van der Waals surface area contributed by atoms with Crippen LogP contribution in [-0.4, -0.2) is 35.5 Å². The van der Waals surface area contributed by atoms with Crippen molar-refractivity contribution in [1.29, 1.82) is 0 Å². The Morgan fingerprint density at radius 2 is 2.04 bits per heavy atom. The molecule has 1 fully saturated rings. The van der Waals surface area contributed by atoms with E-state index in [1.807, 2.05) is 45.9 Å². The molecule has 130 valence electrons. The summed E-state index contributed by atoms with van der Waals surface area (Å²) in [5.74, 6) is -1.39. The third kappa shape index (κ3) is 2.47. The molecule has 1 saturated heterocycles. The zero-order valence-corrected chi connectivity index (χ0v) is 14.8. The summed E-state index contributed by atoms with van der Waals surface area (Å²) in [6.07, 6.45) is 0.972. The van der Waals surface area contributed by atoms with Crippen LogP contribution in [-0.2, 0) is 19.9 Å². The van der Waals surface area contributed by atoms with Crippen LogP contribution in [0.5, 0.6) is 0 Å². The highest BCUT2D eigenvalue weighted by Gasteiger charge is 2.58. The van der Waals surface area contributed by atoms with Crippen LogP contribution < -0.4 is 4.90 Å². The van der Waals surface area contributed by atoms with Gasteiger partial charge in [-0.15, -0.1) is 0 Å². The predicted octanol–water partition coefficient (Wildman–Crippen LogP) is 2.32. The molecule has 1 aromatic carbocycles. The lowest BCUT2D eigenvalue weighted by atomic mass is 9.75. The summed E-state index contributed by atoms with van der Waals surface area (Å²) in [4.78, 5) is 27.4. The monoisotopic (exact) mass is 331 g/mol. The minimum Gasteiger partial charge on any atom is -0.375 e. The van der Waals surface area contributed by atoms with Crippen molar-refractivity contribution in [2.75, 3.05) is 18.1 Å². The molecule has 0 saturated carbocycles. The lowest BCUT2D eigenvalue weighted by Crippen LogP contribution is -2.54. The highest BCUT2D eigenvalue weighted by Crippen LogP contribution is 2.47. The van der Waals surface area contributed by atoms with Crippen LogP contribution in [0, 0.1) is 12.8 Å². The number of aliphatic hydroxyl groups is 1. The van der Waals surface area contributed by atoms with E-state index in [1.54, 1.807) is 4.90 Å². The van der Waals surface area contributed by atoms with E-state index >= 15 is 0 Å². The summed E-state index contributed by atoms with van der Waals surface area (Å²) in [6.45, 7) is 8.17. The van der Waals surface area contributed by atoms with E-state index in [1.165, 1.54) is 0 Å². The van der Waals surface area contributed by atoms with Crippen LogP contribution in [0.1, 0.15) is 44.7 Å². The molecule has 5 nitrogen and oxygen atoms in total. The molecule has 2 aliphatic rings. The van der Waals surface area contributed by atoms with Gasteiger partial charge in [-0.2, -0.15) is 0 Å². The fraction of sp³-hybridized carbons (Fsp3) is 0.579. The smallest absolute Gasteiger partial charge is 0.264 e. The van der Waals surface area contributed by atoms with Crippen LogP contribution >= 0.6 is 0 Å². The second kappa shape index (κ2) is 5.67. The van der Waals surface area contributed by atoms with Crippen molar-refractivity contribution in [3.63, 3.8) is 0 Å². The number of hydrogen-bond donors (Lipinski definition) is 1. The van der Waals surface area contributed by atoms with Gasteiger partial charge in [-0.05, 0) is 33.3 Å². The lowest BCUT2D eigenvalue weighted by molar-refractivity contribution is -0.172. The fourth-order valence-electron chi connectivity index (χ4n) is 3.75. The van der Waals surface area contributed by atoms with Crippen LogP contribution in [0.25, 0.3) is 0 Å². The fourth-order valence-corrected chi connectivity index (χ4v) is 3.75. The number of carbonyl (C=O) groups excluding carboxylic acids is 2. The summed E-state index contributed by atoms with van der Waals surface area (Å²) in [6, 6.07) is 5.59. The summed E-state index contributed by atoms with van der Waals surface area (Å²) < 4.78 is 5.76. The van der Waals surface area contributed by atoms with Gasteiger partial charge in [0.15, 0.2) is 5.60 Å². The molecule has 24 heavy (non-hydrogen) atoms. The summed E-state index contributed by atoms with van der Waals surface area (Å²) in [5.41, 5.74) is -0.202. The van der Waals surface area contributed by atoms with Gasteiger partial charge in [0.25, 0.3) is 5.91 Å². The Morgan fingerprint density at radius 3 is 2.67 bits per heavy atom. The van der Waals surface area contributed by atoms with Gasteiger partial charge in [0, 0.05) is 18.5 Å². The van der Waals surface area contributed by atoms with E-state index in [0.29, 0.717) is 17.8 Å². The largest absolute Gasteiger partial charge is 0.375 e. The molecular formula is C19H25NO4. The molecule has 5 heteroatoms. The second-order valence-electron chi connectivity index (χ2n) is 7.51. The molecule has 0 bridgehead atoms. The number of ketones is 1. The SMILES string of the molecule is CCCN1C(=O)C(O)(C2COC(C)(C)CC2=O)c2cc(C)ccc21. The highest BCUT2D eigenvalue weighted by atomic mass is 16.5. The zero-order chi connectivity index (χ0) is 17.7. The van der Waals surface area contributed by atoms with Gasteiger partial charge in [0.05, 0.1) is 23.8 Å². The zero-order valence-electron chi connectivity index (χ0n) is 14.8. The highest BCUT2D eigenvalue weighted by molar-refractivity contribution is 6.09. The van der Waals surface area contributed by atoms with Gasteiger partial charge in [-0.25, -0.2) is 0 Å². The molecule has 2 aliphatic heterocycles. The number of amides is 1. The second-order valence-corrected chi connectivity index (χ2v) is 7.51. The Hall–Kier alpha value is -1.72. The Balaban J connectivity index is 2.08. The van der Waals surface area contributed by atoms with E-state index in [4.69, 9.17) is 4.74 Å². The molecule has 2 unspecified atom stereocenters. The topological polar surface area (TPSA) is 66.8 Å². The van der Waals surface area contributed by atoms with Crippen molar-refractivity contribution < 1.29 is 19.4 Å². The van der Waals surface area contributed by atoms with Crippen molar-refractivity contribution in [1.82, 2.24) is 0 Å². The maximum absolute atomic E-state index is 13.1. The Kier molecular flexibility index (Phi) is 4.04. The van der Waals surface area contributed by atoms with E-state index in [9.17, 15) is 14.7 Å². The first-order valence-corrected chi connectivity index (χ1v) is 8.53. The van der Waals surface area contributed by atoms with Gasteiger partial charge in [0.1, 0.15) is 5.78 Å². The quantitative estimate of drug-likeness (QED) is 0.923. The Labute approximate surface area is 142 Å². The normalized spacial score (nSPS) is 29.0. The van der Waals surface area contributed by atoms with Gasteiger partial charge in [0.2, 0.25) is 0 Å². The predicted molar refractivity (Wildman–Crippen MR) is 90.9 cm³/mol. The van der Waals surface area contributed by atoms with E-state index < -0.39 is 23.0 Å². The van der Waals surface area contributed by atoms with Gasteiger partial charge in [-0.1, -0.05) is 24.6 Å². The minimum atomic E-state index is -1.83. The average molecular weight is 331 g/mol. The van der Waals surface area contributed by atoms with Crippen LogP contribution in [0.4, 0.5) is 5.69 Å². The molecule has 0 aliphatic carbocycles. The summed E-state index contributed by atoms with van der Waals surface area (Å²) >= 11 is 0. The van der Waals surface area contributed by atoms with E-state index in [2.05, 4.69) is 0 Å². The van der Waals surface area contributed by atoms with Crippen molar-refractivity contribution in [2.45, 2.75) is 51.7 Å². The molecule has 1 aromatic rings. The summed E-state index contributed by atoms with van der Waals surface area (Å²) in [7, 11) is 0. The third-order valence-electron chi connectivity index (χ3n) is 5.01. The van der Waals surface area contributed by atoms with Gasteiger partial charge >= 0.3 is 0 Å². The molecule has 0 spiro atoms. The Morgan fingerprint density at radius 1 is 1.33 bits per heavy atom. The first kappa shape index (κ1) is 17.1. The van der Waals surface area contributed by atoms with Crippen molar-refractivity contribution in [3.05, 3.63) is 29.3 Å². The number of rotatable bonds is 3. The number of hydrogen-bond acceptors (Lipinski definition) is 4. The number of anilines is 1. The first-order valence-electron chi connectivity index (χ1n) is 8.53. The average Bonchev–Trinajstić information content (AvgIpc) is 2.69. The molecule has 0 radical (unpaired) electrons. The number of ether oxygens (including phenoxy) is 1. The number of benzene rings is 1. The molecule has 3 rings (SSSR count). The number of fused-ring (bicyclic) bond motifs is 1. The minimum absolute atomic E-state index is 0.0570. The number of Topliss-reactive ketones (excluding diaryl/α,β-unsaturated/α-hetero) is 1. The lowest BCUT2D eigenvalue weighted by Gasteiger charge is -2.39. The Bertz CT molecular complexity index is 697.